The van der Waals surface area contributed by atoms with Crippen molar-refractivity contribution in [2.45, 2.75) is 202 Å². The van der Waals surface area contributed by atoms with Crippen LogP contribution in [0.25, 0.3) is 0 Å². The first-order valence-corrected chi connectivity index (χ1v) is 20.7. The first-order valence-electron chi connectivity index (χ1n) is 20.7. The lowest BCUT2D eigenvalue weighted by Crippen LogP contribution is -2.51. The topological polar surface area (TPSA) is 26.3 Å². The van der Waals surface area contributed by atoms with Crippen molar-refractivity contribution in [3.05, 3.63) is 23.8 Å². The van der Waals surface area contributed by atoms with E-state index in [0.29, 0.717) is 17.3 Å². The van der Waals surface area contributed by atoms with Crippen molar-refractivity contribution >= 4 is 5.97 Å². The Morgan fingerprint density at radius 2 is 1.52 bits per heavy atom. The number of allylic oxidation sites excluding steroid dienone is 3. The normalized spacial score (nSPS) is 33.0. The van der Waals surface area contributed by atoms with Gasteiger partial charge in [-0.1, -0.05) is 130 Å². The highest BCUT2D eigenvalue weighted by Gasteiger charge is 2.59. The summed E-state index contributed by atoms with van der Waals surface area (Å²) in [6.07, 6.45) is 38.0. The van der Waals surface area contributed by atoms with Crippen LogP contribution in [0.3, 0.4) is 0 Å². The van der Waals surface area contributed by atoms with Crippen LogP contribution >= 0.6 is 0 Å². The molecule has 2 heteroatoms. The summed E-state index contributed by atoms with van der Waals surface area (Å²) in [5, 5.41) is 0. The average molecular weight is 637 g/mol. The minimum Gasteiger partial charge on any atom is -0.462 e. The van der Waals surface area contributed by atoms with Crippen molar-refractivity contribution in [2.75, 3.05) is 0 Å². The molecule has 46 heavy (non-hydrogen) atoms. The first kappa shape index (κ1) is 37.8. The number of carbonyl (C=O) groups is 1. The average Bonchev–Trinajstić information content (AvgIpc) is 3.38. The van der Waals surface area contributed by atoms with Crippen LogP contribution in [0.2, 0.25) is 0 Å². The Morgan fingerprint density at radius 3 is 2.24 bits per heavy atom. The van der Waals surface area contributed by atoms with Crippen molar-refractivity contribution < 1.29 is 9.53 Å². The third-order valence-corrected chi connectivity index (χ3v) is 14.0. The van der Waals surface area contributed by atoms with Gasteiger partial charge in [0.15, 0.2) is 0 Å². The van der Waals surface area contributed by atoms with E-state index >= 15 is 0 Å². The van der Waals surface area contributed by atoms with E-state index in [1.807, 2.05) is 0 Å². The lowest BCUT2D eigenvalue weighted by Gasteiger charge is -2.58. The van der Waals surface area contributed by atoms with Gasteiger partial charge in [-0.15, -0.1) is 0 Å². The minimum atomic E-state index is 0.0534. The van der Waals surface area contributed by atoms with E-state index in [1.165, 1.54) is 122 Å². The van der Waals surface area contributed by atoms with Gasteiger partial charge in [-0.05, 0) is 123 Å². The van der Waals surface area contributed by atoms with Crippen LogP contribution in [0.1, 0.15) is 196 Å². The van der Waals surface area contributed by atoms with E-state index < -0.39 is 0 Å². The van der Waals surface area contributed by atoms with Crippen molar-refractivity contribution in [3.8, 4) is 0 Å². The maximum Gasteiger partial charge on any atom is 0.306 e. The van der Waals surface area contributed by atoms with Crippen LogP contribution in [-0.4, -0.2) is 12.1 Å². The summed E-state index contributed by atoms with van der Waals surface area (Å²) in [5.41, 5.74) is 2.53. The predicted molar refractivity (Wildman–Crippen MR) is 198 cm³/mol. The number of ether oxygens (including phenoxy) is 1. The number of hydrogen-bond acceptors (Lipinski definition) is 2. The molecule has 0 radical (unpaired) electrons. The fourth-order valence-corrected chi connectivity index (χ4v) is 11.2. The minimum absolute atomic E-state index is 0.0534. The zero-order valence-electron chi connectivity index (χ0n) is 31.6. The van der Waals surface area contributed by atoms with E-state index in [0.717, 1.165) is 61.2 Å². The Bertz CT molecular complexity index is 961. The van der Waals surface area contributed by atoms with Crippen LogP contribution < -0.4 is 0 Å². The molecule has 2 nitrogen and oxygen atoms in total. The molecular formula is C44H76O2. The van der Waals surface area contributed by atoms with Crippen molar-refractivity contribution in [1.29, 1.82) is 0 Å². The molecule has 8 atom stereocenters. The fraction of sp³-hybridized carbons (Fsp3) is 0.886. The highest BCUT2D eigenvalue weighted by molar-refractivity contribution is 5.69. The quantitative estimate of drug-likeness (QED) is 0.0755. The summed E-state index contributed by atoms with van der Waals surface area (Å²) >= 11 is 0. The molecule has 0 N–H and O–H groups in total. The summed E-state index contributed by atoms with van der Waals surface area (Å²) < 4.78 is 6.12. The van der Waals surface area contributed by atoms with E-state index in [-0.39, 0.29) is 12.1 Å². The lowest BCUT2D eigenvalue weighted by atomic mass is 9.47. The molecule has 4 rings (SSSR count). The van der Waals surface area contributed by atoms with Gasteiger partial charge in [-0.3, -0.25) is 4.79 Å². The monoisotopic (exact) mass is 637 g/mol. The van der Waals surface area contributed by atoms with Crippen LogP contribution in [0.15, 0.2) is 23.8 Å². The second-order valence-corrected chi connectivity index (χ2v) is 17.6. The molecule has 0 aromatic carbocycles. The van der Waals surface area contributed by atoms with Crippen LogP contribution in [0.5, 0.6) is 0 Å². The SMILES string of the molecule is CCCCCCC/C=C\CCCCCCCC(=O)O[C@H]1CC[C@@]2(C)C(=CC[C@H]3[C@@H]4CC[C@H]([C@H](C)CCCC(C)C)[C@@]4(C)CC[C@@H]32)C1. The van der Waals surface area contributed by atoms with Crippen molar-refractivity contribution in [2.24, 2.45) is 46.3 Å². The zero-order chi connectivity index (χ0) is 33.0. The molecule has 0 saturated heterocycles. The maximum atomic E-state index is 12.8. The zero-order valence-corrected chi connectivity index (χ0v) is 31.6. The summed E-state index contributed by atoms with van der Waals surface area (Å²) in [6.45, 7) is 14.9. The molecule has 0 unspecified atom stereocenters. The Labute approximate surface area is 286 Å². The summed E-state index contributed by atoms with van der Waals surface area (Å²) in [6, 6.07) is 0. The van der Waals surface area contributed by atoms with Crippen LogP contribution in [0.4, 0.5) is 0 Å². The van der Waals surface area contributed by atoms with E-state index in [1.54, 1.807) is 5.57 Å². The molecule has 0 spiro atoms. The highest BCUT2D eigenvalue weighted by Crippen LogP contribution is 2.67. The van der Waals surface area contributed by atoms with E-state index in [4.69, 9.17) is 4.74 Å². The molecule has 0 amide bonds. The van der Waals surface area contributed by atoms with Crippen LogP contribution in [0, 0.1) is 46.3 Å². The second kappa shape index (κ2) is 18.6. The van der Waals surface area contributed by atoms with E-state index in [9.17, 15) is 4.79 Å². The number of hydrogen-bond donors (Lipinski definition) is 0. The molecule has 3 saturated carbocycles. The van der Waals surface area contributed by atoms with E-state index in [2.05, 4.69) is 59.8 Å². The Hall–Kier alpha value is -1.05. The molecular weight excluding hydrogens is 560 g/mol. The third-order valence-electron chi connectivity index (χ3n) is 14.0. The summed E-state index contributed by atoms with van der Waals surface area (Å²) in [4.78, 5) is 12.8. The smallest absolute Gasteiger partial charge is 0.306 e. The predicted octanol–water partition coefficient (Wildman–Crippen LogP) is 13.6. The second-order valence-electron chi connectivity index (χ2n) is 17.6. The van der Waals surface area contributed by atoms with Gasteiger partial charge >= 0.3 is 5.97 Å². The molecule has 0 aromatic rings. The summed E-state index contributed by atoms with van der Waals surface area (Å²) in [7, 11) is 0. The largest absolute Gasteiger partial charge is 0.462 e. The third kappa shape index (κ3) is 10.00. The Kier molecular flexibility index (Phi) is 15.3. The molecule has 0 bridgehead atoms. The Morgan fingerprint density at radius 1 is 0.826 bits per heavy atom. The van der Waals surface area contributed by atoms with Crippen LogP contribution in [-0.2, 0) is 9.53 Å². The van der Waals surface area contributed by atoms with Gasteiger partial charge in [0.25, 0.3) is 0 Å². The fourth-order valence-electron chi connectivity index (χ4n) is 11.2. The molecule has 264 valence electrons. The van der Waals surface area contributed by atoms with Gasteiger partial charge in [0.2, 0.25) is 0 Å². The molecule has 0 heterocycles. The van der Waals surface area contributed by atoms with Gasteiger partial charge in [0.05, 0.1) is 0 Å². The van der Waals surface area contributed by atoms with Crippen molar-refractivity contribution in [1.82, 2.24) is 0 Å². The molecule has 4 aliphatic rings. The summed E-state index contributed by atoms with van der Waals surface area (Å²) in [5.74, 6) is 5.31. The number of unbranched alkanes of at least 4 members (excludes halogenated alkanes) is 10. The standard InChI is InChI=1S/C44H76O2/c1-7-8-9-10-11-12-13-14-15-16-17-18-19-20-24-42(45)46-37-29-31-43(5)36(33-37)25-26-38-40-28-27-39(35(4)23-21-22-34(2)3)44(40,6)32-30-41(38)43/h13-14,25,34-35,37-41H,7-12,15-24,26-33H2,1-6H3/b14-13-/t35-,37+,38+,39-,40+,41+,43+,44-/m1/s1. The lowest BCUT2D eigenvalue weighted by molar-refractivity contribution is -0.151. The maximum absolute atomic E-state index is 12.8. The number of carbonyl (C=O) groups excluding carboxylic acids is 1. The first-order chi connectivity index (χ1) is 22.2. The van der Waals surface area contributed by atoms with Gasteiger partial charge in [-0.25, -0.2) is 0 Å². The molecule has 0 aromatic heterocycles. The molecule has 3 fully saturated rings. The number of esters is 1. The van der Waals surface area contributed by atoms with Gasteiger partial charge < -0.3 is 4.74 Å². The van der Waals surface area contributed by atoms with Gasteiger partial charge in [0.1, 0.15) is 6.10 Å². The van der Waals surface area contributed by atoms with Gasteiger partial charge in [0, 0.05) is 12.8 Å². The number of rotatable bonds is 20. The molecule has 4 aliphatic carbocycles. The molecule has 0 aliphatic heterocycles. The number of fused-ring (bicyclic) bond motifs is 5. The van der Waals surface area contributed by atoms with Crippen molar-refractivity contribution in [3.63, 3.8) is 0 Å². The van der Waals surface area contributed by atoms with Gasteiger partial charge in [-0.2, -0.15) is 0 Å². The highest BCUT2D eigenvalue weighted by atomic mass is 16.5. The Balaban J connectivity index is 1.14.